The first kappa shape index (κ1) is 12.9. The van der Waals surface area contributed by atoms with Gasteiger partial charge in [0.1, 0.15) is 6.07 Å². The van der Waals surface area contributed by atoms with E-state index >= 15 is 0 Å². The minimum absolute atomic E-state index is 0.491. The van der Waals surface area contributed by atoms with Crippen LogP contribution >= 0.6 is 0 Å². The number of nitriles is 1. The minimum Gasteiger partial charge on any atom is -0.397 e. The highest BCUT2D eigenvalue weighted by atomic mass is 15.2. The summed E-state index contributed by atoms with van der Waals surface area (Å²) >= 11 is 0. The van der Waals surface area contributed by atoms with Crippen LogP contribution in [0.15, 0.2) is 36.5 Å². The monoisotopic (exact) mass is 252 g/mol. The number of nitrogens with zero attached hydrogens (tertiary/aromatic N) is 3. The van der Waals surface area contributed by atoms with Gasteiger partial charge in [-0.05, 0) is 31.5 Å². The predicted octanol–water partition coefficient (Wildman–Crippen LogP) is 3.00. The molecule has 4 nitrogen and oxygen atoms in total. The Hall–Kier alpha value is -2.54. The van der Waals surface area contributed by atoms with Crippen molar-refractivity contribution in [3.63, 3.8) is 0 Å². The number of para-hydroxylation sites is 1. The van der Waals surface area contributed by atoms with Crippen LogP contribution in [0.1, 0.15) is 18.1 Å². The fourth-order valence-corrected chi connectivity index (χ4v) is 2.07. The van der Waals surface area contributed by atoms with E-state index in [1.54, 1.807) is 12.3 Å². The van der Waals surface area contributed by atoms with E-state index in [0.29, 0.717) is 17.1 Å². The highest BCUT2D eigenvalue weighted by Gasteiger charge is 2.15. The summed E-state index contributed by atoms with van der Waals surface area (Å²) in [5.41, 5.74) is 8.87. The van der Waals surface area contributed by atoms with E-state index in [9.17, 15) is 5.26 Å². The van der Waals surface area contributed by atoms with Gasteiger partial charge in [-0.15, -0.1) is 0 Å². The molecule has 0 saturated heterocycles. The molecule has 1 aromatic heterocycles. The molecule has 0 bridgehead atoms. The summed E-state index contributed by atoms with van der Waals surface area (Å²) in [6.45, 7) is 4.81. The van der Waals surface area contributed by atoms with Crippen molar-refractivity contribution in [1.29, 1.82) is 5.26 Å². The molecule has 0 unspecified atom stereocenters. The van der Waals surface area contributed by atoms with E-state index in [-0.39, 0.29) is 0 Å². The third-order valence-corrected chi connectivity index (χ3v) is 2.99. The second-order valence-corrected chi connectivity index (χ2v) is 4.28. The maximum Gasteiger partial charge on any atom is 0.151 e. The first-order chi connectivity index (χ1) is 9.17. The van der Waals surface area contributed by atoms with Crippen molar-refractivity contribution in [2.24, 2.45) is 0 Å². The van der Waals surface area contributed by atoms with Crippen molar-refractivity contribution in [1.82, 2.24) is 4.98 Å². The summed E-state index contributed by atoms with van der Waals surface area (Å²) in [6.07, 6.45) is 1.58. The summed E-state index contributed by atoms with van der Waals surface area (Å²) in [5.74, 6) is 0.647. The Bertz CT molecular complexity index is 628. The van der Waals surface area contributed by atoms with Crippen molar-refractivity contribution < 1.29 is 0 Å². The maximum atomic E-state index is 9.23. The van der Waals surface area contributed by atoms with Gasteiger partial charge < -0.3 is 10.6 Å². The standard InChI is InChI=1S/C15H16N4/c1-3-19(14-7-5-4-6-11(14)2)15-12(9-16)8-13(17)10-18-15/h4-8,10H,3,17H2,1-2H3. The van der Waals surface area contributed by atoms with E-state index < -0.39 is 0 Å². The molecule has 0 amide bonds. The number of anilines is 3. The number of pyridine rings is 1. The van der Waals surface area contributed by atoms with E-state index in [1.165, 1.54) is 0 Å². The summed E-state index contributed by atoms with van der Waals surface area (Å²) < 4.78 is 0. The number of aryl methyl sites for hydroxylation is 1. The Morgan fingerprint density at radius 3 is 2.74 bits per heavy atom. The Kier molecular flexibility index (Phi) is 3.67. The van der Waals surface area contributed by atoms with Crippen LogP contribution in [0.5, 0.6) is 0 Å². The first-order valence-corrected chi connectivity index (χ1v) is 6.16. The minimum atomic E-state index is 0.491. The Morgan fingerprint density at radius 1 is 1.37 bits per heavy atom. The van der Waals surface area contributed by atoms with Gasteiger partial charge in [0.15, 0.2) is 5.82 Å². The van der Waals surface area contributed by atoms with Crippen LogP contribution in [0, 0.1) is 18.3 Å². The molecule has 4 heteroatoms. The normalized spacial score (nSPS) is 9.95. The number of hydrogen-bond donors (Lipinski definition) is 1. The van der Waals surface area contributed by atoms with Gasteiger partial charge in [-0.1, -0.05) is 18.2 Å². The SMILES string of the molecule is CCN(c1ccccc1C)c1ncc(N)cc1C#N. The van der Waals surface area contributed by atoms with Crippen LogP contribution in [0.2, 0.25) is 0 Å². The Balaban J connectivity index is 2.55. The molecule has 2 aromatic rings. The van der Waals surface area contributed by atoms with E-state index in [0.717, 1.165) is 17.8 Å². The van der Waals surface area contributed by atoms with Crippen LogP contribution in [-0.2, 0) is 0 Å². The molecule has 0 spiro atoms. The van der Waals surface area contributed by atoms with Gasteiger partial charge in [-0.25, -0.2) is 4.98 Å². The average molecular weight is 252 g/mol. The topological polar surface area (TPSA) is 65.9 Å². The lowest BCUT2D eigenvalue weighted by molar-refractivity contribution is 0.979. The lowest BCUT2D eigenvalue weighted by atomic mass is 10.1. The van der Waals surface area contributed by atoms with Crippen molar-refractivity contribution in [3.05, 3.63) is 47.7 Å². The quantitative estimate of drug-likeness (QED) is 0.911. The van der Waals surface area contributed by atoms with Crippen LogP contribution < -0.4 is 10.6 Å². The fraction of sp³-hybridized carbons (Fsp3) is 0.200. The number of nitrogen functional groups attached to an aromatic ring is 1. The molecule has 0 aliphatic carbocycles. The lowest BCUT2D eigenvalue weighted by Crippen LogP contribution is -2.19. The molecule has 1 heterocycles. The largest absolute Gasteiger partial charge is 0.397 e. The second-order valence-electron chi connectivity index (χ2n) is 4.28. The number of rotatable bonds is 3. The molecule has 0 fully saturated rings. The Morgan fingerprint density at radius 2 is 2.11 bits per heavy atom. The molecule has 96 valence electrons. The number of nitrogens with two attached hydrogens (primary N) is 1. The summed E-state index contributed by atoms with van der Waals surface area (Å²) in [7, 11) is 0. The molecular formula is C15H16N4. The molecule has 2 rings (SSSR count). The van der Waals surface area contributed by atoms with Crippen LogP contribution in [0.4, 0.5) is 17.2 Å². The van der Waals surface area contributed by atoms with Gasteiger partial charge >= 0.3 is 0 Å². The fourth-order valence-electron chi connectivity index (χ4n) is 2.07. The Labute approximate surface area is 113 Å². The van der Waals surface area contributed by atoms with Gasteiger partial charge in [-0.2, -0.15) is 5.26 Å². The zero-order valence-corrected chi connectivity index (χ0v) is 11.1. The average Bonchev–Trinajstić information content (AvgIpc) is 2.43. The van der Waals surface area contributed by atoms with E-state index in [1.807, 2.05) is 43.0 Å². The predicted molar refractivity (Wildman–Crippen MR) is 77.2 cm³/mol. The summed E-state index contributed by atoms with van der Waals surface area (Å²) in [5, 5.41) is 9.23. The van der Waals surface area contributed by atoms with E-state index in [2.05, 4.69) is 11.1 Å². The molecule has 1 aromatic carbocycles. The zero-order chi connectivity index (χ0) is 13.8. The molecular weight excluding hydrogens is 236 g/mol. The second kappa shape index (κ2) is 5.40. The lowest BCUT2D eigenvalue weighted by Gasteiger charge is -2.24. The van der Waals surface area contributed by atoms with Gasteiger partial charge in [0, 0.05) is 12.2 Å². The van der Waals surface area contributed by atoms with Crippen molar-refractivity contribution in [3.8, 4) is 6.07 Å². The summed E-state index contributed by atoms with van der Waals surface area (Å²) in [6, 6.07) is 11.9. The maximum absolute atomic E-state index is 9.23. The molecule has 0 saturated carbocycles. The smallest absolute Gasteiger partial charge is 0.151 e. The van der Waals surface area contributed by atoms with Gasteiger partial charge in [0.05, 0.1) is 17.4 Å². The van der Waals surface area contributed by atoms with Crippen molar-refractivity contribution in [2.75, 3.05) is 17.2 Å². The molecule has 0 atom stereocenters. The van der Waals surface area contributed by atoms with Gasteiger partial charge in [0.25, 0.3) is 0 Å². The molecule has 0 aliphatic heterocycles. The van der Waals surface area contributed by atoms with Crippen LogP contribution in [-0.4, -0.2) is 11.5 Å². The third kappa shape index (κ3) is 2.50. The number of hydrogen-bond acceptors (Lipinski definition) is 4. The van der Waals surface area contributed by atoms with Gasteiger partial charge in [-0.3, -0.25) is 0 Å². The van der Waals surface area contributed by atoms with Crippen molar-refractivity contribution >= 4 is 17.2 Å². The zero-order valence-electron chi connectivity index (χ0n) is 11.1. The van der Waals surface area contributed by atoms with E-state index in [4.69, 9.17) is 5.73 Å². The molecule has 0 aliphatic rings. The number of aromatic nitrogens is 1. The molecule has 2 N–H and O–H groups in total. The summed E-state index contributed by atoms with van der Waals surface area (Å²) in [4.78, 5) is 6.34. The first-order valence-electron chi connectivity index (χ1n) is 6.16. The van der Waals surface area contributed by atoms with Gasteiger partial charge in [0.2, 0.25) is 0 Å². The van der Waals surface area contributed by atoms with Crippen LogP contribution in [0.25, 0.3) is 0 Å². The third-order valence-electron chi connectivity index (χ3n) is 2.99. The molecule has 19 heavy (non-hydrogen) atoms. The molecule has 0 radical (unpaired) electrons. The number of benzene rings is 1. The highest BCUT2D eigenvalue weighted by molar-refractivity contribution is 5.69. The highest BCUT2D eigenvalue weighted by Crippen LogP contribution is 2.29. The van der Waals surface area contributed by atoms with Crippen LogP contribution in [0.3, 0.4) is 0 Å². The van der Waals surface area contributed by atoms with Crippen molar-refractivity contribution in [2.45, 2.75) is 13.8 Å².